The van der Waals surface area contributed by atoms with E-state index in [1.807, 2.05) is 0 Å². The van der Waals surface area contributed by atoms with E-state index in [-0.39, 0.29) is 18.7 Å². The number of carbonyl (C=O) groups excluding carboxylic acids is 1. The molecule has 2 rings (SSSR count). The van der Waals surface area contributed by atoms with Crippen LogP contribution in [0.5, 0.6) is 0 Å². The van der Waals surface area contributed by atoms with Crippen molar-refractivity contribution in [1.29, 1.82) is 0 Å². The lowest BCUT2D eigenvalue weighted by atomic mass is 10.0. The monoisotopic (exact) mass is 391 g/mol. The lowest BCUT2D eigenvalue weighted by Crippen LogP contribution is -2.34. The fraction of sp³-hybridized carbons (Fsp3) is 0.400. The smallest absolute Gasteiger partial charge is 0.407 e. The fourth-order valence-corrected chi connectivity index (χ4v) is 2.47. The normalized spacial score (nSPS) is 13.6. The van der Waals surface area contributed by atoms with Gasteiger partial charge in [0, 0.05) is 12.1 Å². The number of nitrogens with one attached hydrogen (secondary N) is 1. The third kappa shape index (κ3) is 6.11. The molecular formula is C20H25NO7. The van der Waals surface area contributed by atoms with Gasteiger partial charge in [0.05, 0.1) is 6.10 Å². The van der Waals surface area contributed by atoms with Crippen LogP contribution in [0.15, 0.2) is 40.8 Å². The summed E-state index contributed by atoms with van der Waals surface area (Å²) in [6.45, 7) is 5.40. The first-order valence-corrected chi connectivity index (χ1v) is 8.83. The predicted molar refractivity (Wildman–Crippen MR) is 101 cm³/mol. The molecule has 0 bridgehead atoms. The molecule has 0 fully saturated rings. The highest BCUT2D eigenvalue weighted by Gasteiger charge is 2.20. The van der Waals surface area contributed by atoms with Crippen molar-refractivity contribution in [2.45, 2.75) is 45.0 Å². The molecule has 0 saturated carbocycles. The van der Waals surface area contributed by atoms with Crippen LogP contribution in [0.4, 0.5) is 4.79 Å². The van der Waals surface area contributed by atoms with Crippen molar-refractivity contribution in [2.75, 3.05) is 6.54 Å². The molecule has 152 valence electrons. The number of carboxylic acids is 1. The van der Waals surface area contributed by atoms with Gasteiger partial charge in [-0.05, 0) is 44.9 Å². The lowest BCUT2D eigenvalue weighted by molar-refractivity contribution is 0.0123. The van der Waals surface area contributed by atoms with Gasteiger partial charge in [0.2, 0.25) is 5.76 Å². The van der Waals surface area contributed by atoms with Crippen molar-refractivity contribution >= 4 is 12.1 Å². The standard InChI is InChI=1S/C20H25NO7/c1-20(2,3)28-19(26)21-11-10-14(22)17(23)13-6-4-12(5-7-13)15-8-9-16(27-15)18(24)25/h4-9,14,17,22-23H,10-11H2,1-3H3,(H,21,26)(H,24,25). The second-order valence-corrected chi connectivity index (χ2v) is 7.32. The van der Waals surface area contributed by atoms with Crippen LogP contribution in [-0.4, -0.2) is 45.6 Å². The second-order valence-electron chi connectivity index (χ2n) is 7.32. The number of hydrogen-bond acceptors (Lipinski definition) is 6. The average Bonchev–Trinajstić information content (AvgIpc) is 3.10. The highest BCUT2D eigenvalue weighted by atomic mass is 16.6. The summed E-state index contributed by atoms with van der Waals surface area (Å²) in [4.78, 5) is 22.4. The maximum absolute atomic E-state index is 11.6. The van der Waals surface area contributed by atoms with Gasteiger partial charge in [-0.15, -0.1) is 0 Å². The van der Waals surface area contributed by atoms with Crippen molar-refractivity contribution in [3.05, 3.63) is 47.7 Å². The van der Waals surface area contributed by atoms with Crippen LogP contribution < -0.4 is 5.32 Å². The number of aliphatic hydroxyl groups excluding tert-OH is 2. The summed E-state index contributed by atoms with van der Waals surface area (Å²) in [5.41, 5.74) is 0.520. The highest BCUT2D eigenvalue weighted by Crippen LogP contribution is 2.26. The molecular weight excluding hydrogens is 366 g/mol. The molecule has 0 saturated heterocycles. The van der Waals surface area contributed by atoms with E-state index < -0.39 is 29.9 Å². The molecule has 2 unspecified atom stereocenters. The number of alkyl carbamates (subject to hydrolysis) is 1. The Bertz CT molecular complexity index is 805. The van der Waals surface area contributed by atoms with E-state index in [0.717, 1.165) is 0 Å². The van der Waals surface area contributed by atoms with Gasteiger partial charge in [-0.3, -0.25) is 0 Å². The van der Waals surface area contributed by atoms with Crippen molar-refractivity contribution in [3.63, 3.8) is 0 Å². The first kappa shape index (κ1) is 21.5. The summed E-state index contributed by atoms with van der Waals surface area (Å²) in [6.07, 6.45) is -2.66. The van der Waals surface area contributed by atoms with E-state index in [1.54, 1.807) is 51.1 Å². The molecule has 1 aromatic heterocycles. The number of benzene rings is 1. The second kappa shape index (κ2) is 8.90. The number of ether oxygens (including phenoxy) is 1. The number of carboxylic acid groups (broad SMARTS) is 1. The van der Waals surface area contributed by atoms with E-state index in [2.05, 4.69) is 5.32 Å². The molecule has 0 aliphatic carbocycles. The minimum Gasteiger partial charge on any atom is -0.475 e. The molecule has 8 heteroatoms. The maximum atomic E-state index is 11.6. The largest absolute Gasteiger partial charge is 0.475 e. The molecule has 28 heavy (non-hydrogen) atoms. The molecule has 0 aliphatic heterocycles. The van der Waals surface area contributed by atoms with Crippen molar-refractivity contribution in [2.24, 2.45) is 0 Å². The molecule has 1 amide bonds. The Morgan fingerprint density at radius 3 is 2.29 bits per heavy atom. The van der Waals surface area contributed by atoms with Crippen LogP contribution >= 0.6 is 0 Å². The van der Waals surface area contributed by atoms with Gasteiger partial charge in [0.1, 0.15) is 17.5 Å². The first-order valence-electron chi connectivity index (χ1n) is 8.83. The Kier molecular flexibility index (Phi) is 6.82. The van der Waals surface area contributed by atoms with Crippen molar-refractivity contribution in [3.8, 4) is 11.3 Å². The third-order valence-corrected chi connectivity index (χ3v) is 3.83. The number of aromatic carboxylic acids is 1. The van der Waals surface area contributed by atoms with Crippen LogP contribution in [0, 0.1) is 0 Å². The van der Waals surface area contributed by atoms with Gasteiger partial charge in [-0.2, -0.15) is 0 Å². The molecule has 2 atom stereocenters. The minimum absolute atomic E-state index is 0.141. The highest BCUT2D eigenvalue weighted by molar-refractivity contribution is 5.85. The number of furan rings is 1. The third-order valence-electron chi connectivity index (χ3n) is 3.83. The van der Waals surface area contributed by atoms with Crippen LogP contribution in [0.1, 0.15) is 49.4 Å². The summed E-state index contributed by atoms with van der Waals surface area (Å²) in [7, 11) is 0. The lowest BCUT2D eigenvalue weighted by Gasteiger charge is -2.21. The summed E-state index contributed by atoms with van der Waals surface area (Å²) < 4.78 is 10.3. The predicted octanol–water partition coefficient (Wildman–Crippen LogP) is 2.95. The summed E-state index contributed by atoms with van der Waals surface area (Å²) in [6, 6.07) is 9.47. The van der Waals surface area contributed by atoms with Crippen LogP contribution in [0.3, 0.4) is 0 Å². The fourth-order valence-electron chi connectivity index (χ4n) is 2.47. The van der Waals surface area contributed by atoms with Crippen LogP contribution in [-0.2, 0) is 4.74 Å². The Hall–Kier alpha value is -2.84. The summed E-state index contributed by atoms with van der Waals surface area (Å²) in [5.74, 6) is -0.922. The van der Waals surface area contributed by atoms with Gasteiger partial charge in [0.15, 0.2) is 0 Å². The van der Waals surface area contributed by atoms with Crippen LogP contribution in [0.2, 0.25) is 0 Å². The summed E-state index contributed by atoms with van der Waals surface area (Å²) in [5, 5.41) is 31.8. The Morgan fingerprint density at radius 1 is 1.11 bits per heavy atom. The van der Waals surface area contributed by atoms with Gasteiger partial charge in [0.25, 0.3) is 0 Å². The Labute approximate surface area is 162 Å². The Morgan fingerprint density at radius 2 is 1.75 bits per heavy atom. The van der Waals surface area contributed by atoms with E-state index in [1.165, 1.54) is 6.07 Å². The zero-order valence-electron chi connectivity index (χ0n) is 16.0. The van der Waals surface area contributed by atoms with E-state index in [4.69, 9.17) is 14.3 Å². The average molecular weight is 391 g/mol. The first-order chi connectivity index (χ1) is 13.1. The van der Waals surface area contributed by atoms with E-state index in [0.29, 0.717) is 16.9 Å². The van der Waals surface area contributed by atoms with Crippen molar-refractivity contribution in [1.82, 2.24) is 5.32 Å². The van der Waals surface area contributed by atoms with Crippen molar-refractivity contribution < 1.29 is 34.1 Å². The molecule has 8 nitrogen and oxygen atoms in total. The minimum atomic E-state index is -1.15. The zero-order chi connectivity index (χ0) is 20.9. The van der Waals surface area contributed by atoms with Gasteiger partial charge < -0.3 is 29.8 Å². The van der Waals surface area contributed by atoms with E-state index in [9.17, 15) is 19.8 Å². The van der Waals surface area contributed by atoms with Gasteiger partial charge in [-0.1, -0.05) is 24.3 Å². The molecule has 0 radical (unpaired) electrons. The number of rotatable bonds is 7. The van der Waals surface area contributed by atoms with Gasteiger partial charge in [-0.25, -0.2) is 9.59 Å². The molecule has 2 aromatic rings. The van der Waals surface area contributed by atoms with Gasteiger partial charge >= 0.3 is 12.1 Å². The quantitative estimate of drug-likeness (QED) is 0.571. The number of aliphatic hydroxyl groups is 2. The zero-order valence-corrected chi connectivity index (χ0v) is 16.0. The maximum Gasteiger partial charge on any atom is 0.407 e. The number of hydrogen-bond donors (Lipinski definition) is 4. The topological polar surface area (TPSA) is 129 Å². The SMILES string of the molecule is CC(C)(C)OC(=O)NCCC(O)C(O)c1ccc(-c2ccc(C(=O)O)o2)cc1. The van der Waals surface area contributed by atoms with E-state index >= 15 is 0 Å². The number of amides is 1. The summed E-state index contributed by atoms with van der Waals surface area (Å²) >= 11 is 0. The molecule has 1 heterocycles. The molecule has 0 spiro atoms. The van der Waals surface area contributed by atoms with Crippen LogP contribution in [0.25, 0.3) is 11.3 Å². The Balaban J connectivity index is 1.90. The molecule has 4 N–H and O–H groups in total. The molecule has 1 aromatic carbocycles. The number of carbonyl (C=O) groups is 2. The molecule has 0 aliphatic rings.